The second-order valence-electron chi connectivity index (χ2n) is 3.92. The minimum atomic E-state index is -6.13. The van der Waals surface area contributed by atoms with E-state index < -0.39 is 61.7 Å². The van der Waals surface area contributed by atoms with Crippen LogP contribution in [0.15, 0.2) is 0 Å². The summed E-state index contributed by atoms with van der Waals surface area (Å²) in [6.07, 6.45) is 0. The molecule has 0 fully saturated rings. The number of carbonyl (C=O) groups is 2. The zero-order valence-corrected chi connectivity index (χ0v) is 11.5. The summed E-state index contributed by atoms with van der Waals surface area (Å²) in [6.45, 7) is 0.146. The molecule has 128 valence electrons. The highest BCUT2D eigenvalue weighted by atomic mass is 32.2. The third-order valence-electron chi connectivity index (χ3n) is 2.44. The number of ether oxygens (including phenoxy) is 1. The van der Waals surface area contributed by atoms with Gasteiger partial charge in [0.2, 0.25) is 34.8 Å². The van der Waals surface area contributed by atoms with Gasteiger partial charge >= 0.3 is 21.1 Å². The van der Waals surface area contributed by atoms with Gasteiger partial charge in [0.1, 0.15) is 0 Å². The van der Waals surface area contributed by atoms with Crippen LogP contribution < -0.4 is 4.74 Å². The van der Waals surface area contributed by atoms with Crippen LogP contribution in [0.3, 0.4) is 0 Å². The highest BCUT2D eigenvalue weighted by Gasteiger charge is 2.58. The van der Waals surface area contributed by atoms with E-state index in [2.05, 4.69) is 4.74 Å². The van der Waals surface area contributed by atoms with E-state index in [1.165, 1.54) is 0 Å². The van der Waals surface area contributed by atoms with Crippen molar-refractivity contribution in [2.75, 3.05) is 0 Å². The number of hydrogen-bond donors (Lipinski definition) is 1. The van der Waals surface area contributed by atoms with E-state index in [1.54, 1.807) is 0 Å². The fourth-order valence-corrected chi connectivity index (χ4v) is 1.88. The molecule has 1 atom stereocenters. The van der Waals surface area contributed by atoms with Crippen LogP contribution in [0.2, 0.25) is 0 Å². The smallest absolute Gasteiger partial charge is 0.387 e. The van der Waals surface area contributed by atoms with Gasteiger partial charge in [0, 0.05) is 0 Å². The summed E-state index contributed by atoms with van der Waals surface area (Å²) in [5.74, 6) is -20.7. The fourth-order valence-electron chi connectivity index (χ4n) is 1.26. The molecule has 0 aliphatic heterocycles. The molecule has 0 radical (unpaired) electrons. The fraction of sp³-hybridized carbons (Fsp3) is 0.200. The first-order valence-electron chi connectivity index (χ1n) is 5.17. The molecule has 0 amide bonds. The van der Waals surface area contributed by atoms with E-state index in [-0.39, 0.29) is 6.92 Å². The molecular weight excluding hydrogens is 362 g/mol. The second-order valence-corrected chi connectivity index (χ2v) is 5.43. The highest BCUT2D eigenvalue weighted by molar-refractivity contribution is 7.88. The van der Waals surface area contributed by atoms with Crippen LogP contribution >= 0.6 is 0 Å². The van der Waals surface area contributed by atoms with E-state index in [0.717, 1.165) is 0 Å². The topological polar surface area (TPSA) is 97.7 Å². The number of alkyl halides is 1. The van der Waals surface area contributed by atoms with Gasteiger partial charge in [-0.15, -0.1) is 0 Å². The average Bonchev–Trinajstić information content (AvgIpc) is 2.44. The molecule has 0 aromatic heterocycles. The molecule has 0 aliphatic carbocycles. The van der Waals surface area contributed by atoms with Gasteiger partial charge in [0.05, 0.1) is 0 Å². The standard InChI is InChI=1S/C10H4F6O6S/c1-2(17)10(16,23(19,20)21)9(18)22-8-6(14)4(12)3(11)5(13)7(8)15/h1H3,(H,19,20,21). The first kappa shape index (κ1) is 18.9. The average molecular weight is 366 g/mol. The van der Waals surface area contributed by atoms with Gasteiger partial charge in [-0.05, 0) is 6.92 Å². The number of benzene rings is 1. The Morgan fingerprint density at radius 2 is 1.30 bits per heavy atom. The third-order valence-corrected chi connectivity index (χ3v) is 3.60. The Kier molecular flexibility index (Phi) is 4.77. The Morgan fingerprint density at radius 3 is 1.61 bits per heavy atom. The van der Waals surface area contributed by atoms with Crippen LogP contribution in [0.4, 0.5) is 26.3 Å². The van der Waals surface area contributed by atoms with Crippen LogP contribution in [0.1, 0.15) is 6.92 Å². The predicted molar refractivity (Wildman–Crippen MR) is 57.9 cm³/mol. The Balaban J connectivity index is 3.50. The van der Waals surface area contributed by atoms with E-state index in [9.17, 15) is 44.3 Å². The SMILES string of the molecule is CC(=O)C(F)(C(=O)Oc1c(F)c(F)c(F)c(F)c1F)S(=O)(=O)O. The zero-order chi connectivity index (χ0) is 18.3. The van der Waals surface area contributed by atoms with Crippen molar-refractivity contribution < 1.29 is 53.6 Å². The van der Waals surface area contributed by atoms with E-state index in [1.807, 2.05) is 0 Å². The van der Waals surface area contributed by atoms with E-state index in [0.29, 0.717) is 0 Å². The summed E-state index contributed by atoms with van der Waals surface area (Å²) in [6, 6.07) is 0. The third kappa shape index (κ3) is 2.88. The van der Waals surface area contributed by atoms with Gasteiger partial charge in [-0.3, -0.25) is 9.35 Å². The predicted octanol–water partition coefficient (Wildman–Crippen LogP) is 1.43. The molecule has 0 saturated carbocycles. The summed E-state index contributed by atoms with van der Waals surface area (Å²) in [5.41, 5.74) is 0. The summed E-state index contributed by atoms with van der Waals surface area (Å²) in [7, 11) is -6.13. The molecular formula is C10H4F6O6S. The molecule has 13 heteroatoms. The molecule has 0 heterocycles. The molecule has 1 N–H and O–H groups in total. The lowest BCUT2D eigenvalue weighted by molar-refractivity contribution is -0.148. The van der Waals surface area contributed by atoms with Crippen molar-refractivity contribution in [3.8, 4) is 5.75 Å². The molecule has 0 aliphatic rings. The van der Waals surface area contributed by atoms with Gasteiger partial charge < -0.3 is 4.74 Å². The summed E-state index contributed by atoms with van der Waals surface area (Å²) >= 11 is 0. The van der Waals surface area contributed by atoms with Crippen molar-refractivity contribution in [1.82, 2.24) is 0 Å². The van der Waals surface area contributed by atoms with Gasteiger partial charge in [-0.1, -0.05) is 0 Å². The minimum Gasteiger partial charge on any atom is -0.416 e. The van der Waals surface area contributed by atoms with Crippen molar-refractivity contribution >= 4 is 21.9 Å². The monoisotopic (exact) mass is 366 g/mol. The molecule has 1 rings (SSSR count). The molecule has 23 heavy (non-hydrogen) atoms. The molecule has 1 aromatic rings. The second kappa shape index (κ2) is 5.81. The van der Waals surface area contributed by atoms with Crippen molar-refractivity contribution in [2.45, 2.75) is 11.9 Å². The van der Waals surface area contributed by atoms with E-state index >= 15 is 0 Å². The summed E-state index contributed by atoms with van der Waals surface area (Å²) in [5, 5.41) is -4.83. The number of rotatable bonds is 4. The molecule has 1 aromatic carbocycles. The summed E-state index contributed by atoms with van der Waals surface area (Å²) in [4.78, 5) is 22.2. The van der Waals surface area contributed by atoms with Crippen molar-refractivity contribution in [3.63, 3.8) is 0 Å². The number of carbonyl (C=O) groups excluding carboxylic acids is 2. The number of ketones is 1. The zero-order valence-electron chi connectivity index (χ0n) is 10.7. The Morgan fingerprint density at radius 1 is 0.957 bits per heavy atom. The quantitative estimate of drug-likeness (QED) is 0.165. The van der Waals surface area contributed by atoms with Crippen molar-refractivity contribution in [3.05, 3.63) is 29.1 Å². The van der Waals surface area contributed by atoms with Gasteiger partial charge in [0.25, 0.3) is 0 Å². The first-order chi connectivity index (χ1) is 10.3. The van der Waals surface area contributed by atoms with Crippen molar-refractivity contribution in [2.24, 2.45) is 0 Å². The Hall–Kier alpha value is -2.15. The number of hydrogen-bond acceptors (Lipinski definition) is 5. The van der Waals surface area contributed by atoms with Crippen LogP contribution in [0.25, 0.3) is 0 Å². The van der Waals surface area contributed by atoms with Crippen LogP contribution in [0.5, 0.6) is 5.75 Å². The van der Waals surface area contributed by atoms with Gasteiger partial charge in [-0.25, -0.2) is 22.4 Å². The maximum absolute atomic E-state index is 13.9. The first-order valence-corrected chi connectivity index (χ1v) is 6.61. The van der Waals surface area contributed by atoms with Gasteiger partial charge in [-0.2, -0.15) is 17.2 Å². The maximum atomic E-state index is 13.9. The lowest BCUT2D eigenvalue weighted by Crippen LogP contribution is -2.50. The number of Topliss-reactive ketones (excluding diaryl/α,β-unsaturated/α-hetero) is 1. The van der Waals surface area contributed by atoms with Crippen molar-refractivity contribution in [1.29, 1.82) is 0 Å². The normalized spacial score (nSPS) is 14.3. The van der Waals surface area contributed by atoms with Crippen LogP contribution in [0, 0.1) is 29.1 Å². The number of halogens is 6. The molecule has 0 saturated heterocycles. The minimum absolute atomic E-state index is 0.146. The lowest BCUT2D eigenvalue weighted by atomic mass is 10.2. The van der Waals surface area contributed by atoms with Crippen LogP contribution in [-0.4, -0.2) is 29.7 Å². The summed E-state index contributed by atoms with van der Waals surface area (Å²) < 4.78 is 112. The molecule has 6 nitrogen and oxygen atoms in total. The van der Waals surface area contributed by atoms with Gasteiger partial charge in [0.15, 0.2) is 5.78 Å². The Bertz CT molecular complexity index is 778. The molecule has 1 unspecified atom stereocenters. The molecule has 0 bridgehead atoms. The number of esters is 1. The Labute approximate surface area is 123 Å². The lowest BCUT2D eigenvalue weighted by Gasteiger charge is -2.17. The van der Waals surface area contributed by atoms with E-state index in [4.69, 9.17) is 4.55 Å². The largest absolute Gasteiger partial charge is 0.416 e. The molecule has 0 spiro atoms. The van der Waals surface area contributed by atoms with Crippen LogP contribution in [-0.2, 0) is 19.7 Å². The maximum Gasteiger partial charge on any atom is 0.387 e. The highest BCUT2D eigenvalue weighted by Crippen LogP contribution is 2.31.